The van der Waals surface area contributed by atoms with Crippen molar-refractivity contribution in [1.29, 1.82) is 0 Å². The molecule has 4 nitrogen and oxygen atoms in total. The third-order valence-electron chi connectivity index (χ3n) is 5.67. The minimum atomic E-state index is 0.154. The Hall–Kier alpha value is -3.57. The van der Waals surface area contributed by atoms with Gasteiger partial charge in [-0.1, -0.05) is 30.3 Å². The van der Waals surface area contributed by atoms with E-state index in [1.807, 2.05) is 61.5 Å². The molecule has 0 saturated heterocycles. The zero-order valence-electron chi connectivity index (χ0n) is 17.5. The summed E-state index contributed by atoms with van der Waals surface area (Å²) < 4.78 is 1.24. The second-order valence-electron chi connectivity index (χ2n) is 7.73. The standard InChI is InChI=1S/C26H21N3OS/c1-15-8-13-22-25(17(15)3)31-26(27-22)18-9-11-19(12-10-18)28-29-23-14-16(2)20-6-4-5-7-21(20)24(23)30/h4-14,30H,1-3H3. The zero-order chi connectivity index (χ0) is 21.5. The molecule has 31 heavy (non-hydrogen) atoms. The topological polar surface area (TPSA) is 57.8 Å². The van der Waals surface area contributed by atoms with Crippen molar-refractivity contribution in [2.45, 2.75) is 20.8 Å². The molecule has 4 aromatic carbocycles. The summed E-state index contributed by atoms with van der Waals surface area (Å²) in [4.78, 5) is 4.79. The van der Waals surface area contributed by atoms with Crippen LogP contribution in [-0.2, 0) is 0 Å². The average Bonchev–Trinajstić information content (AvgIpc) is 3.23. The molecule has 0 aliphatic heterocycles. The first-order chi connectivity index (χ1) is 15.0. The van der Waals surface area contributed by atoms with Crippen LogP contribution in [0.2, 0.25) is 0 Å². The number of benzene rings is 4. The Bertz CT molecular complexity index is 1470. The summed E-state index contributed by atoms with van der Waals surface area (Å²) in [7, 11) is 0. The largest absolute Gasteiger partial charge is 0.505 e. The quantitative estimate of drug-likeness (QED) is 0.298. The second kappa shape index (κ2) is 7.60. The molecule has 0 amide bonds. The molecule has 1 N–H and O–H groups in total. The predicted molar refractivity (Wildman–Crippen MR) is 129 cm³/mol. The maximum absolute atomic E-state index is 10.6. The van der Waals surface area contributed by atoms with E-state index in [9.17, 15) is 5.11 Å². The van der Waals surface area contributed by atoms with Crippen LogP contribution in [0.15, 0.2) is 77.0 Å². The molecule has 0 bridgehead atoms. The molecule has 5 heteroatoms. The minimum Gasteiger partial charge on any atom is -0.505 e. The molecule has 1 aromatic heterocycles. The van der Waals surface area contributed by atoms with Crippen molar-refractivity contribution < 1.29 is 5.11 Å². The zero-order valence-corrected chi connectivity index (χ0v) is 18.4. The minimum absolute atomic E-state index is 0.154. The van der Waals surface area contributed by atoms with Crippen LogP contribution >= 0.6 is 11.3 Å². The van der Waals surface area contributed by atoms with Crippen molar-refractivity contribution in [3.8, 4) is 16.3 Å². The van der Waals surface area contributed by atoms with E-state index < -0.39 is 0 Å². The van der Waals surface area contributed by atoms with Gasteiger partial charge in [0.1, 0.15) is 10.7 Å². The van der Waals surface area contributed by atoms with Gasteiger partial charge in [-0.3, -0.25) is 0 Å². The van der Waals surface area contributed by atoms with E-state index in [2.05, 4.69) is 36.2 Å². The van der Waals surface area contributed by atoms with Crippen molar-refractivity contribution >= 4 is 43.7 Å². The fourth-order valence-corrected chi connectivity index (χ4v) is 4.85. The highest BCUT2D eigenvalue weighted by atomic mass is 32.1. The Morgan fingerprint density at radius 1 is 0.806 bits per heavy atom. The summed E-state index contributed by atoms with van der Waals surface area (Å²) in [5, 5.41) is 22.0. The van der Waals surface area contributed by atoms with E-state index in [0.717, 1.165) is 38.1 Å². The third kappa shape index (κ3) is 3.47. The van der Waals surface area contributed by atoms with Crippen LogP contribution in [0.3, 0.4) is 0 Å². The number of hydrogen-bond donors (Lipinski definition) is 1. The van der Waals surface area contributed by atoms with Crippen LogP contribution in [0.25, 0.3) is 31.6 Å². The van der Waals surface area contributed by atoms with E-state index >= 15 is 0 Å². The number of nitrogens with zero attached hydrogens (tertiary/aromatic N) is 3. The summed E-state index contributed by atoms with van der Waals surface area (Å²) in [6, 6.07) is 21.7. The number of aromatic nitrogens is 1. The summed E-state index contributed by atoms with van der Waals surface area (Å²) in [6.45, 7) is 6.28. The molecule has 1 heterocycles. The van der Waals surface area contributed by atoms with Gasteiger partial charge in [-0.05, 0) is 79.2 Å². The van der Waals surface area contributed by atoms with Crippen molar-refractivity contribution in [2.24, 2.45) is 10.2 Å². The van der Waals surface area contributed by atoms with E-state index in [-0.39, 0.29) is 5.75 Å². The Morgan fingerprint density at radius 3 is 2.32 bits per heavy atom. The van der Waals surface area contributed by atoms with Crippen molar-refractivity contribution in [2.75, 3.05) is 0 Å². The summed E-state index contributed by atoms with van der Waals surface area (Å²) >= 11 is 1.71. The van der Waals surface area contributed by atoms with Crippen molar-refractivity contribution in [3.63, 3.8) is 0 Å². The normalized spacial score (nSPS) is 11.7. The van der Waals surface area contributed by atoms with Gasteiger partial charge in [0, 0.05) is 10.9 Å². The van der Waals surface area contributed by atoms with Crippen LogP contribution in [-0.4, -0.2) is 10.1 Å². The van der Waals surface area contributed by atoms with Gasteiger partial charge in [0.05, 0.1) is 15.9 Å². The number of aryl methyl sites for hydroxylation is 3. The Morgan fingerprint density at radius 2 is 1.55 bits per heavy atom. The lowest BCUT2D eigenvalue weighted by Gasteiger charge is -2.07. The molecule has 0 spiro atoms. The number of fused-ring (bicyclic) bond motifs is 2. The second-order valence-corrected chi connectivity index (χ2v) is 8.73. The molecule has 0 aliphatic rings. The fraction of sp³-hybridized carbons (Fsp3) is 0.115. The molecular weight excluding hydrogens is 402 g/mol. The summed E-state index contributed by atoms with van der Waals surface area (Å²) in [5.74, 6) is 0.154. The van der Waals surface area contributed by atoms with Gasteiger partial charge in [-0.2, -0.15) is 5.11 Å². The van der Waals surface area contributed by atoms with Crippen molar-refractivity contribution in [1.82, 2.24) is 4.98 Å². The van der Waals surface area contributed by atoms with Gasteiger partial charge in [-0.25, -0.2) is 4.98 Å². The highest BCUT2D eigenvalue weighted by Gasteiger charge is 2.10. The predicted octanol–water partition coefficient (Wildman–Crippen LogP) is 8.16. The summed E-state index contributed by atoms with van der Waals surface area (Å²) in [5.41, 5.74) is 6.91. The van der Waals surface area contributed by atoms with Crippen LogP contribution in [0, 0.1) is 20.8 Å². The molecule has 5 aromatic rings. The molecule has 5 rings (SSSR count). The van der Waals surface area contributed by atoms with E-state index in [1.54, 1.807) is 11.3 Å². The van der Waals surface area contributed by atoms with Crippen LogP contribution in [0.5, 0.6) is 5.75 Å². The van der Waals surface area contributed by atoms with E-state index in [0.29, 0.717) is 5.69 Å². The monoisotopic (exact) mass is 423 g/mol. The molecule has 0 aliphatic carbocycles. The Labute approximate surface area is 184 Å². The Balaban J connectivity index is 1.45. The highest BCUT2D eigenvalue weighted by Crippen LogP contribution is 2.38. The number of azo groups is 1. The lowest BCUT2D eigenvalue weighted by molar-refractivity contribution is 0.482. The van der Waals surface area contributed by atoms with Gasteiger partial charge in [0.2, 0.25) is 0 Å². The molecular formula is C26H21N3OS. The number of thiazole rings is 1. The van der Waals surface area contributed by atoms with E-state index in [1.165, 1.54) is 15.8 Å². The first kappa shape index (κ1) is 19.4. The lowest BCUT2D eigenvalue weighted by atomic mass is 10.0. The number of aromatic hydroxyl groups is 1. The summed E-state index contributed by atoms with van der Waals surface area (Å²) in [6.07, 6.45) is 0. The van der Waals surface area contributed by atoms with Gasteiger partial charge in [0.25, 0.3) is 0 Å². The van der Waals surface area contributed by atoms with Gasteiger partial charge in [-0.15, -0.1) is 16.5 Å². The van der Waals surface area contributed by atoms with E-state index in [4.69, 9.17) is 4.98 Å². The highest BCUT2D eigenvalue weighted by molar-refractivity contribution is 7.21. The molecule has 0 unspecified atom stereocenters. The first-order valence-electron chi connectivity index (χ1n) is 10.1. The fourth-order valence-electron chi connectivity index (χ4n) is 3.73. The number of rotatable bonds is 3. The number of hydrogen-bond acceptors (Lipinski definition) is 5. The van der Waals surface area contributed by atoms with Gasteiger partial charge < -0.3 is 5.11 Å². The SMILES string of the molecule is Cc1ccc2nc(-c3ccc(N=Nc4cc(C)c5ccccc5c4O)cc3)sc2c1C. The van der Waals surface area contributed by atoms with Gasteiger partial charge in [0.15, 0.2) is 5.75 Å². The first-order valence-corrected chi connectivity index (χ1v) is 10.9. The molecule has 0 saturated carbocycles. The lowest BCUT2D eigenvalue weighted by Crippen LogP contribution is -1.80. The van der Waals surface area contributed by atoms with Crippen LogP contribution < -0.4 is 0 Å². The molecule has 0 atom stereocenters. The van der Waals surface area contributed by atoms with Crippen LogP contribution in [0.1, 0.15) is 16.7 Å². The van der Waals surface area contributed by atoms with Crippen molar-refractivity contribution in [3.05, 3.63) is 83.4 Å². The maximum Gasteiger partial charge on any atom is 0.150 e. The average molecular weight is 424 g/mol. The Kier molecular flexibility index (Phi) is 4.75. The smallest absolute Gasteiger partial charge is 0.150 e. The molecule has 0 fully saturated rings. The number of phenolic OH excluding ortho intramolecular Hbond substituents is 1. The maximum atomic E-state index is 10.6. The molecule has 152 valence electrons. The third-order valence-corrected chi connectivity index (χ3v) is 6.91. The van der Waals surface area contributed by atoms with Gasteiger partial charge >= 0.3 is 0 Å². The molecule has 0 radical (unpaired) electrons. The van der Waals surface area contributed by atoms with Crippen LogP contribution in [0.4, 0.5) is 11.4 Å². The number of phenols is 1.